The Bertz CT molecular complexity index is 248. The minimum absolute atomic E-state index is 0.141. The molecule has 0 rings (SSSR count). The van der Waals surface area contributed by atoms with Crippen molar-refractivity contribution in [2.45, 2.75) is 26.2 Å². The molecule has 0 N–H and O–H groups in total. The van der Waals surface area contributed by atoms with E-state index in [1.54, 1.807) is 6.92 Å². The molecular formula is C10H15FO4. The van der Waals surface area contributed by atoms with Crippen molar-refractivity contribution in [3.8, 4) is 0 Å². The van der Waals surface area contributed by atoms with Gasteiger partial charge in [0.1, 0.15) is 0 Å². The lowest BCUT2D eigenvalue weighted by Gasteiger charge is -1.98. The summed E-state index contributed by atoms with van der Waals surface area (Å²) in [6.45, 7) is 1.74. The van der Waals surface area contributed by atoms with E-state index in [1.165, 1.54) is 7.11 Å². The van der Waals surface area contributed by atoms with Gasteiger partial charge in [0.25, 0.3) is 0 Å². The average molecular weight is 218 g/mol. The van der Waals surface area contributed by atoms with Crippen LogP contribution in [0.2, 0.25) is 0 Å². The Labute approximate surface area is 88.0 Å². The highest BCUT2D eigenvalue weighted by Gasteiger charge is 2.08. The van der Waals surface area contributed by atoms with E-state index in [9.17, 15) is 14.0 Å². The monoisotopic (exact) mass is 218 g/mol. The summed E-state index contributed by atoms with van der Waals surface area (Å²) >= 11 is 0. The smallest absolute Gasteiger partial charge is 0.366 e. The van der Waals surface area contributed by atoms with Crippen LogP contribution in [0, 0.1) is 0 Å². The molecule has 0 aromatic rings. The third kappa shape index (κ3) is 6.65. The van der Waals surface area contributed by atoms with Crippen molar-refractivity contribution in [3.05, 3.63) is 11.9 Å². The van der Waals surface area contributed by atoms with Gasteiger partial charge in [0, 0.05) is 6.42 Å². The van der Waals surface area contributed by atoms with Crippen LogP contribution in [0.1, 0.15) is 26.2 Å². The summed E-state index contributed by atoms with van der Waals surface area (Å²) in [5, 5.41) is 0. The number of esters is 2. The zero-order chi connectivity index (χ0) is 11.7. The molecule has 0 aromatic carbocycles. The summed E-state index contributed by atoms with van der Waals surface area (Å²) in [6.07, 6.45) is 2.07. The molecule has 0 unspecified atom stereocenters. The molecule has 0 aromatic heterocycles. The van der Waals surface area contributed by atoms with Crippen molar-refractivity contribution in [2.24, 2.45) is 0 Å². The molecular weight excluding hydrogens is 203 g/mol. The van der Waals surface area contributed by atoms with Gasteiger partial charge < -0.3 is 9.47 Å². The van der Waals surface area contributed by atoms with Crippen LogP contribution in [0.25, 0.3) is 0 Å². The lowest BCUT2D eigenvalue weighted by molar-refractivity contribution is -0.141. The van der Waals surface area contributed by atoms with Gasteiger partial charge in [0.15, 0.2) is 0 Å². The lowest BCUT2D eigenvalue weighted by atomic mass is 10.2. The number of carbonyl (C=O) groups excluding carboxylic acids is 2. The maximum Gasteiger partial charge on any atom is 0.366 e. The van der Waals surface area contributed by atoms with E-state index in [-0.39, 0.29) is 19.0 Å². The van der Waals surface area contributed by atoms with Crippen molar-refractivity contribution < 1.29 is 23.5 Å². The van der Waals surface area contributed by atoms with Gasteiger partial charge in [0.2, 0.25) is 5.83 Å². The molecule has 0 spiro atoms. The topological polar surface area (TPSA) is 52.6 Å². The van der Waals surface area contributed by atoms with Crippen molar-refractivity contribution in [1.29, 1.82) is 0 Å². The van der Waals surface area contributed by atoms with E-state index < -0.39 is 11.8 Å². The van der Waals surface area contributed by atoms with Crippen LogP contribution in [0.4, 0.5) is 4.39 Å². The molecule has 0 aliphatic heterocycles. The standard InChI is InChI=1S/C10H15FO4/c1-3-15-10(13)8(11)6-4-5-7-9(12)14-2/h6H,3-5,7H2,1-2H3/b8-6-. The second-order valence-electron chi connectivity index (χ2n) is 2.74. The summed E-state index contributed by atoms with van der Waals surface area (Å²) in [6, 6.07) is 0. The molecule has 0 aliphatic carbocycles. The second kappa shape index (κ2) is 7.96. The van der Waals surface area contributed by atoms with E-state index in [4.69, 9.17) is 0 Å². The third-order valence-corrected chi connectivity index (χ3v) is 1.61. The number of unbranched alkanes of at least 4 members (excludes halogenated alkanes) is 1. The van der Waals surface area contributed by atoms with E-state index >= 15 is 0 Å². The lowest BCUT2D eigenvalue weighted by Crippen LogP contribution is -2.04. The van der Waals surface area contributed by atoms with Crippen molar-refractivity contribution >= 4 is 11.9 Å². The van der Waals surface area contributed by atoms with Crippen LogP contribution in [0.5, 0.6) is 0 Å². The number of hydrogen-bond donors (Lipinski definition) is 0. The SMILES string of the molecule is CCOC(=O)/C(F)=C/CCCC(=O)OC. The molecule has 0 saturated carbocycles. The summed E-state index contributed by atoms with van der Waals surface area (Å²) in [7, 11) is 1.29. The van der Waals surface area contributed by atoms with E-state index in [2.05, 4.69) is 9.47 Å². The van der Waals surface area contributed by atoms with E-state index in [1.807, 2.05) is 0 Å². The Morgan fingerprint density at radius 3 is 2.60 bits per heavy atom. The summed E-state index contributed by atoms with van der Waals surface area (Å²) in [4.78, 5) is 21.4. The molecule has 5 heteroatoms. The molecule has 0 bridgehead atoms. The molecule has 86 valence electrons. The van der Waals surface area contributed by atoms with Crippen LogP contribution in [0.15, 0.2) is 11.9 Å². The maximum atomic E-state index is 12.9. The minimum Gasteiger partial charge on any atom is -0.469 e. The Hall–Kier alpha value is -1.39. The molecule has 0 aliphatic rings. The molecule has 0 atom stereocenters. The van der Waals surface area contributed by atoms with Crippen molar-refractivity contribution in [2.75, 3.05) is 13.7 Å². The van der Waals surface area contributed by atoms with Gasteiger partial charge in [-0.1, -0.05) is 0 Å². The van der Waals surface area contributed by atoms with Crippen LogP contribution >= 0.6 is 0 Å². The number of halogens is 1. The predicted octanol–water partition coefficient (Wildman–Crippen LogP) is 1.75. The van der Waals surface area contributed by atoms with E-state index in [0.717, 1.165) is 6.08 Å². The Kier molecular flexibility index (Phi) is 7.23. The van der Waals surface area contributed by atoms with Gasteiger partial charge >= 0.3 is 11.9 Å². The zero-order valence-electron chi connectivity index (χ0n) is 8.92. The fraction of sp³-hybridized carbons (Fsp3) is 0.600. The molecule has 0 amide bonds. The molecule has 0 heterocycles. The van der Waals surface area contributed by atoms with Crippen LogP contribution in [-0.4, -0.2) is 25.7 Å². The number of rotatable bonds is 6. The zero-order valence-corrected chi connectivity index (χ0v) is 8.92. The van der Waals surface area contributed by atoms with Gasteiger partial charge in [-0.15, -0.1) is 0 Å². The Balaban J connectivity index is 3.76. The largest absolute Gasteiger partial charge is 0.469 e. The van der Waals surface area contributed by atoms with Crippen molar-refractivity contribution in [1.82, 2.24) is 0 Å². The molecule has 0 saturated heterocycles. The summed E-state index contributed by atoms with van der Waals surface area (Å²) in [5.41, 5.74) is 0. The fourth-order valence-electron chi connectivity index (χ4n) is 0.861. The number of ether oxygens (including phenoxy) is 2. The first-order valence-corrected chi connectivity index (χ1v) is 4.71. The van der Waals surface area contributed by atoms with Crippen molar-refractivity contribution in [3.63, 3.8) is 0 Å². The normalized spacial score (nSPS) is 11.0. The highest BCUT2D eigenvalue weighted by Crippen LogP contribution is 2.05. The first-order chi connectivity index (χ1) is 7.11. The second-order valence-corrected chi connectivity index (χ2v) is 2.74. The molecule has 0 fully saturated rings. The summed E-state index contributed by atoms with van der Waals surface area (Å²) in [5.74, 6) is -2.22. The maximum absolute atomic E-state index is 12.9. The first kappa shape index (κ1) is 13.6. The number of methoxy groups -OCH3 is 1. The summed E-state index contributed by atoms with van der Waals surface area (Å²) < 4.78 is 21.7. The van der Waals surface area contributed by atoms with Crippen LogP contribution in [-0.2, 0) is 19.1 Å². The van der Waals surface area contributed by atoms with E-state index in [0.29, 0.717) is 12.8 Å². The molecule has 4 nitrogen and oxygen atoms in total. The first-order valence-electron chi connectivity index (χ1n) is 4.71. The Morgan fingerprint density at radius 2 is 2.07 bits per heavy atom. The van der Waals surface area contributed by atoms with Gasteiger partial charge in [0.05, 0.1) is 13.7 Å². The number of allylic oxidation sites excluding steroid dienone is 1. The highest BCUT2D eigenvalue weighted by molar-refractivity contribution is 5.85. The number of hydrogen-bond acceptors (Lipinski definition) is 4. The number of carbonyl (C=O) groups is 2. The Morgan fingerprint density at radius 1 is 1.40 bits per heavy atom. The quantitative estimate of drug-likeness (QED) is 0.387. The molecule has 0 radical (unpaired) electrons. The molecule has 15 heavy (non-hydrogen) atoms. The fourth-order valence-corrected chi connectivity index (χ4v) is 0.861. The van der Waals surface area contributed by atoms with Gasteiger partial charge in [-0.2, -0.15) is 4.39 Å². The highest BCUT2D eigenvalue weighted by atomic mass is 19.1. The predicted molar refractivity (Wildman–Crippen MR) is 51.7 cm³/mol. The third-order valence-electron chi connectivity index (χ3n) is 1.61. The van der Waals surface area contributed by atoms with Gasteiger partial charge in [-0.25, -0.2) is 4.79 Å². The average Bonchev–Trinajstić information content (AvgIpc) is 2.23. The van der Waals surface area contributed by atoms with Gasteiger partial charge in [-0.05, 0) is 25.8 Å². The van der Waals surface area contributed by atoms with Gasteiger partial charge in [-0.3, -0.25) is 4.79 Å². The van der Waals surface area contributed by atoms with Crippen LogP contribution < -0.4 is 0 Å². The minimum atomic E-state index is -0.962. The van der Waals surface area contributed by atoms with Crippen LogP contribution in [0.3, 0.4) is 0 Å².